The maximum Gasteiger partial charge on any atom is 0.407 e. The van der Waals surface area contributed by atoms with E-state index in [1.807, 2.05) is 49.4 Å². The van der Waals surface area contributed by atoms with E-state index in [1.54, 1.807) is 12.3 Å². The summed E-state index contributed by atoms with van der Waals surface area (Å²) in [5.41, 5.74) is -0.472. The van der Waals surface area contributed by atoms with Gasteiger partial charge in [0.15, 0.2) is 5.76 Å². The van der Waals surface area contributed by atoms with Gasteiger partial charge in [0, 0.05) is 35.7 Å². The molecule has 0 unspecified atom stereocenters. The smallest absolute Gasteiger partial charge is 0.407 e. The van der Waals surface area contributed by atoms with Gasteiger partial charge in [-0.1, -0.05) is 0 Å². The Labute approximate surface area is 138 Å². The molecule has 0 aliphatic rings. The minimum absolute atomic E-state index is 0.403. The minimum Gasteiger partial charge on any atom is -0.447 e. The molecule has 1 amide bonds. The average molecular weight is 402 g/mol. The van der Waals surface area contributed by atoms with Gasteiger partial charge in [0.1, 0.15) is 11.4 Å². The monoisotopic (exact) mass is 402 g/mol. The summed E-state index contributed by atoms with van der Waals surface area (Å²) in [5, 5.41) is 2.68. The predicted molar refractivity (Wildman–Crippen MR) is 90.9 cm³/mol. The third kappa shape index (κ3) is 8.40. The maximum atomic E-state index is 11.4. The molecule has 1 aromatic heterocycles. The Morgan fingerprint density at radius 3 is 2.95 bits per heavy atom. The van der Waals surface area contributed by atoms with Crippen LogP contribution in [-0.4, -0.2) is 31.0 Å². The number of aliphatic imine (C=N–C) groups is 1. The second-order valence-electron chi connectivity index (χ2n) is 5.24. The molecule has 0 aliphatic heterocycles. The number of rotatable bonds is 5. The molecular weight excluding hydrogens is 383 g/mol. The molecule has 6 heteroatoms. The van der Waals surface area contributed by atoms with Crippen LogP contribution in [0.25, 0.3) is 0 Å². The van der Waals surface area contributed by atoms with Gasteiger partial charge in [0.05, 0.1) is 6.21 Å². The highest BCUT2D eigenvalue weighted by Crippen LogP contribution is 2.06. The SMILES string of the molecule is CC(C)(C)OC(=O)NCCC/N=C\c1ccc(C#CI)o1. The van der Waals surface area contributed by atoms with Gasteiger partial charge in [-0.15, -0.1) is 0 Å². The highest BCUT2D eigenvalue weighted by atomic mass is 127. The quantitative estimate of drug-likeness (QED) is 0.356. The van der Waals surface area contributed by atoms with Gasteiger partial charge in [-0.25, -0.2) is 4.79 Å². The first-order valence-corrected chi connectivity index (χ1v) is 7.67. The van der Waals surface area contributed by atoms with E-state index in [-0.39, 0.29) is 0 Å². The van der Waals surface area contributed by atoms with Crippen LogP contribution in [0.2, 0.25) is 0 Å². The molecule has 0 atom stereocenters. The number of halogens is 1. The van der Waals surface area contributed by atoms with Crippen molar-refractivity contribution in [2.75, 3.05) is 13.1 Å². The summed E-state index contributed by atoms with van der Waals surface area (Å²) in [4.78, 5) is 15.6. The van der Waals surface area contributed by atoms with Crippen LogP contribution in [0.4, 0.5) is 4.79 Å². The molecule has 5 nitrogen and oxygen atoms in total. The van der Waals surface area contributed by atoms with E-state index < -0.39 is 11.7 Å². The van der Waals surface area contributed by atoms with Crippen molar-refractivity contribution in [2.24, 2.45) is 4.99 Å². The number of hydrogen-bond acceptors (Lipinski definition) is 4. The van der Waals surface area contributed by atoms with E-state index in [2.05, 4.69) is 20.2 Å². The summed E-state index contributed by atoms with van der Waals surface area (Å²) in [6, 6.07) is 3.62. The lowest BCUT2D eigenvalue weighted by atomic mass is 10.2. The van der Waals surface area contributed by atoms with Crippen molar-refractivity contribution in [1.82, 2.24) is 5.32 Å². The number of carbonyl (C=O) groups excluding carboxylic acids is 1. The van der Waals surface area contributed by atoms with E-state index in [0.29, 0.717) is 24.6 Å². The number of hydrogen-bond donors (Lipinski definition) is 1. The van der Waals surface area contributed by atoms with E-state index in [1.165, 1.54) is 0 Å². The second kappa shape index (κ2) is 8.72. The fourth-order valence-corrected chi connectivity index (χ4v) is 1.63. The fourth-order valence-electron chi connectivity index (χ4n) is 1.37. The Kier molecular flexibility index (Phi) is 7.29. The number of carbonyl (C=O) groups is 1. The topological polar surface area (TPSA) is 63.8 Å². The molecule has 0 saturated heterocycles. The summed E-state index contributed by atoms with van der Waals surface area (Å²) < 4.78 is 13.3. The zero-order valence-corrected chi connectivity index (χ0v) is 14.6. The first kappa shape index (κ1) is 17.6. The number of ether oxygens (including phenoxy) is 1. The molecule has 0 spiro atoms. The third-order valence-electron chi connectivity index (χ3n) is 2.15. The zero-order valence-electron chi connectivity index (χ0n) is 12.4. The van der Waals surface area contributed by atoms with Crippen LogP contribution in [0, 0.1) is 9.85 Å². The largest absolute Gasteiger partial charge is 0.447 e. The van der Waals surface area contributed by atoms with Crippen LogP contribution < -0.4 is 5.32 Å². The molecule has 1 heterocycles. The predicted octanol–water partition coefficient (Wildman–Crippen LogP) is 3.36. The van der Waals surface area contributed by atoms with E-state index in [0.717, 1.165) is 6.42 Å². The van der Waals surface area contributed by atoms with Crippen molar-refractivity contribution >= 4 is 34.9 Å². The average Bonchev–Trinajstić information content (AvgIpc) is 2.79. The molecular formula is C15H19IN2O3. The summed E-state index contributed by atoms with van der Waals surface area (Å²) in [6.45, 7) is 6.62. The normalized spacial score (nSPS) is 11.0. The van der Waals surface area contributed by atoms with Crippen molar-refractivity contribution in [3.05, 3.63) is 23.7 Å². The van der Waals surface area contributed by atoms with Crippen LogP contribution in [-0.2, 0) is 4.74 Å². The van der Waals surface area contributed by atoms with Crippen LogP contribution in [0.15, 0.2) is 21.5 Å². The van der Waals surface area contributed by atoms with Crippen LogP contribution in [0.1, 0.15) is 38.7 Å². The minimum atomic E-state index is -0.472. The van der Waals surface area contributed by atoms with Gasteiger partial charge >= 0.3 is 6.09 Å². The van der Waals surface area contributed by atoms with Crippen molar-refractivity contribution < 1.29 is 13.9 Å². The lowest BCUT2D eigenvalue weighted by Gasteiger charge is -2.19. The molecule has 0 bridgehead atoms. The Hall–Kier alpha value is -1.49. The second-order valence-corrected chi connectivity index (χ2v) is 5.78. The number of furan rings is 1. The highest BCUT2D eigenvalue weighted by Gasteiger charge is 2.15. The summed E-state index contributed by atoms with van der Waals surface area (Å²) in [5.74, 6) is 4.11. The number of amides is 1. The molecule has 0 radical (unpaired) electrons. The number of alkyl carbamates (subject to hydrolysis) is 1. The van der Waals surface area contributed by atoms with Crippen LogP contribution >= 0.6 is 22.6 Å². The van der Waals surface area contributed by atoms with E-state index in [4.69, 9.17) is 9.15 Å². The molecule has 0 aromatic carbocycles. The van der Waals surface area contributed by atoms with Gasteiger partial charge in [0.2, 0.25) is 0 Å². The molecule has 1 aromatic rings. The number of nitrogens with one attached hydrogen (secondary N) is 1. The third-order valence-corrected chi connectivity index (χ3v) is 2.42. The fraction of sp³-hybridized carbons (Fsp3) is 0.467. The Balaban J connectivity index is 2.19. The molecule has 1 N–H and O–H groups in total. The zero-order chi connectivity index (χ0) is 15.7. The molecule has 114 valence electrons. The Morgan fingerprint density at radius 1 is 1.52 bits per heavy atom. The summed E-state index contributed by atoms with van der Waals surface area (Å²) in [6.07, 6.45) is 1.99. The molecule has 0 fully saturated rings. The van der Waals surface area contributed by atoms with Gasteiger partial charge < -0.3 is 14.5 Å². The van der Waals surface area contributed by atoms with Gasteiger partial charge in [0.25, 0.3) is 0 Å². The highest BCUT2D eigenvalue weighted by molar-refractivity contribution is 14.1. The molecule has 0 aliphatic carbocycles. The molecule has 21 heavy (non-hydrogen) atoms. The molecule has 1 rings (SSSR count). The Morgan fingerprint density at radius 2 is 2.29 bits per heavy atom. The first-order chi connectivity index (χ1) is 9.90. The van der Waals surface area contributed by atoms with Crippen molar-refractivity contribution in [1.29, 1.82) is 0 Å². The maximum absolute atomic E-state index is 11.4. The van der Waals surface area contributed by atoms with Crippen LogP contribution in [0.3, 0.4) is 0 Å². The van der Waals surface area contributed by atoms with Crippen molar-refractivity contribution in [3.63, 3.8) is 0 Å². The molecule has 0 saturated carbocycles. The lowest BCUT2D eigenvalue weighted by Crippen LogP contribution is -2.33. The summed E-state index contributed by atoms with van der Waals surface area (Å²) >= 11 is 1.96. The van der Waals surface area contributed by atoms with Gasteiger partial charge in [-0.3, -0.25) is 4.99 Å². The van der Waals surface area contributed by atoms with Gasteiger partial charge in [-0.05, 0) is 49.2 Å². The van der Waals surface area contributed by atoms with Crippen molar-refractivity contribution in [3.8, 4) is 9.85 Å². The summed E-state index contributed by atoms with van der Waals surface area (Å²) in [7, 11) is 0. The van der Waals surface area contributed by atoms with E-state index in [9.17, 15) is 4.79 Å². The standard InChI is InChI=1S/C15H19IN2O3/c1-15(2,3)21-14(19)18-10-4-9-17-11-13-6-5-12(20-13)7-8-16/h5-6,11H,4,9-10H2,1-3H3,(H,18,19)/b17-11-. The van der Waals surface area contributed by atoms with Crippen molar-refractivity contribution in [2.45, 2.75) is 32.8 Å². The lowest BCUT2D eigenvalue weighted by molar-refractivity contribution is 0.0527. The van der Waals surface area contributed by atoms with Gasteiger partial charge in [-0.2, -0.15) is 0 Å². The Bertz CT molecular complexity index is 547. The van der Waals surface area contributed by atoms with E-state index >= 15 is 0 Å². The van der Waals surface area contributed by atoms with Crippen LogP contribution in [0.5, 0.6) is 0 Å². The first-order valence-electron chi connectivity index (χ1n) is 6.59. The number of nitrogens with zero attached hydrogens (tertiary/aromatic N) is 1.